The Balaban J connectivity index is 2.17. The minimum absolute atomic E-state index is 0.0141. The zero-order chi connectivity index (χ0) is 15.2. The number of hydrogen-bond acceptors (Lipinski definition) is 3. The van der Waals surface area contributed by atoms with Crippen LogP contribution < -0.4 is 4.90 Å². The second-order valence-corrected chi connectivity index (χ2v) is 5.34. The van der Waals surface area contributed by atoms with Crippen LogP contribution in [0.1, 0.15) is 21.0 Å². The second kappa shape index (κ2) is 7.02. The Morgan fingerprint density at radius 1 is 1.33 bits per heavy atom. The summed E-state index contributed by atoms with van der Waals surface area (Å²) < 4.78 is 13.7. The number of aliphatic hydroxyl groups excluding tert-OH is 1. The third-order valence-electron chi connectivity index (χ3n) is 2.78. The number of amides is 1. The number of nitrogens with zero attached hydrogens (tertiary/aromatic N) is 1. The molecule has 0 aliphatic carbocycles. The number of aliphatic hydroxyl groups is 1. The first kappa shape index (κ1) is 15.2. The molecule has 0 saturated carbocycles. The molecule has 3 nitrogen and oxygen atoms in total. The zero-order valence-corrected chi connectivity index (χ0v) is 12.3. The van der Waals surface area contributed by atoms with Gasteiger partial charge in [0.2, 0.25) is 0 Å². The van der Waals surface area contributed by atoms with Crippen LogP contribution in [0.4, 0.5) is 10.1 Å². The lowest BCUT2D eigenvalue weighted by Gasteiger charge is -2.16. The Kier molecular flexibility index (Phi) is 5.09. The van der Waals surface area contributed by atoms with Crippen LogP contribution in [0.3, 0.4) is 0 Å². The molecule has 0 saturated heterocycles. The molecule has 0 fully saturated rings. The Morgan fingerprint density at radius 2 is 2.10 bits per heavy atom. The number of carbonyl (C=O) groups is 1. The van der Waals surface area contributed by atoms with Gasteiger partial charge in [0, 0.05) is 13.5 Å². The van der Waals surface area contributed by atoms with Crippen molar-refractivity contribution >= 4 is 22.9 Å². The molecule has 5 heteroatoms. The predicted octanol–water partition coefficient (Wildman–Crippen LogP) is 2.90. The molecule has 1 heterocycles. The molecule has 0 bridgehead atoms. The third kappa shape index (κ3) is 3.69. The lowest BCUT2D eigenvalue weighted by atomic mass is 10.2. The summed E-state index contributed by atoms with van der Waals surface area (Å²) in [7, 11) is 1.54. The highest BCUT2D eigenvalue weighted by Gasteiger charge is 2.17. The Hall–Kier alpha value is -2.16. The molecule has 1 amide bonds. The van der Waals surface area contributed by atoms with Gasteiger partial charge in [-0.05, 0) is 24.3 Å². The molecule has 108 valence electrons. The molecule has 0 aliphatic heterocycles. The third-order valence-corrected chi connectivity index (χ3v) is 3.77. The van der Waals surface area contributed by atoms with Crippen LogP contribution >= 0.6 is 11.3 Å². The topological polar surface area (TPSA) is 40.5 Å². The van der Waals surface area contributed by atoms with E-state index in [4.69, 9.17) is 5.11 Å². The number of halogens is 1. The number of para-hydroxylation sites is 1. The van der Waals surface area contributed by atoms with Gasteiger partial charge in [0.05, 0.1) is 22.0 Å². The highest BCUT2D eigenvalue weighted by Crippen LogP contribution is 2.22. The quantitative estimate of drug-likeness (QED) is 0.886. The summed E-state index contributed by atoms with van der Waals surface area (Å²) >= 11 is 1.25. The molecule has 1 N–H and O–H groups in total. The molecule has 0 aliphatic rings. The Bertz CT molecular complexity index is 700. The maximum Gasteiger partial charge on any atom is 0.268 e. The van der Waals surface area contributed by atoms with Crippen molar-refractivity contribution in [2.45, 2.75) is 6.42 Å². The first-order chi connectivity index (χ1) is 10.1. The van der Waals surface area contributed by atoms with E-state index in [1.54, 1.807) is 30.3 Å². The fourth-order valence-corrected chi connectivity index (χ4v) is 2.58. The number of rotatable bonds is 3. The van der Waals surface area contributed by atoms with E-state index in [1.165, 1.54) is 29.4 Å². The van der Waals surface area contributed by atoms with E-state index in [9.17, 15) is 9.18 Å². The molecule has 2 rings (SSSR count). The molecule has 0 unspecified atom stereocenters. The average Bonchev–Trinajstić information content (AvgIpc) is 2.95. The molecule has 21 heavy (non-hydrogen) atoms. The predicted molar refractivity (Wildman–Crippen MR) is 82.0 cm³/mol. The van der Waals surface area contributed by atoms with Crippen molar-refractivity contribution in [3.05, 3.63) is 52.0 Å². The highest BCUT2D eigenvalue weighted by atomic mass is 32.1. The van der Waals surface area contributed by atoms with Crippen LogP contribution in [-0.4, -0.2) is 24.7 Å². The monoisotopic (exact) mass is 303 g/mol. The molecule has 0 spiro atoms. The minimum atomic E-state index is -0.437. The number of thiophene rings is 1. The average molecular weight is 303 g/mol. The van der Waals surface area contributed by atoms with Crippen molar-refractivity contribution < 1.29 is 14.3 Å². The summed E-state index contributed by atoms with van der Waals surface area (Å²) in [6, 6.07) is 9.56. The zero-order valence-electron chi connectivity index (χ0n) is 11.5. The summed E-state index contributed by atoms with van der Waals surface area (Å²) in [5.41, 5.74) is 0.240. The smallest absolute Gasteiger partial charge is 0.268 e. The molecule has 0 radical (unpaired) electrons. The van der Waals surface area contributed by atoms with E-state index < -0.39 is 5.82 Å². The first-order valence-electron chi connectivity index (χ1n) is 6.35. The van der Waals surface area contributed by atoms with Crippen molar-refractivity contribution in [1.29, 1.82) is 0 Å². The lowest BCUT2D eigenvalue weighted by molar-refractivity contribution is 0.0996. The fraction of sp³-hybridized carbons (Fsp3) is 0.188. The van der Waals surface area contributed by atoms with Crippen LogP contribution in [0, 0.1) is 17.7 Å². The highest BCUT2D eigenvalue weighted by molar-refractivity contribution is 7.14. The largest absolute Gasteiger partial charge is 0.395 e. The van der Waals surface area contributed by atoms with Crippen LogP contribution in [0.5, 0.6) is 0 Å². The van der Waals surface area contributed by atoms with Gasteiger partial charge in [-0.15, -0.1) is 11.3 Å². The van der Waals surface area contributed by atoms with E-state index in [0.29, 0.717) is 11.3 Å². The fourth-order valence-electron chi connectivity index (χ4n) is 1.72. The van der Waals surface area contributed by atoms with Crippen LogP contribution in [0.15, 0.2) is 36.4 Å². The van der Waals surface area contributed by atoms with Crippen molar-refractivity contribution in [2.75, 3.05) is 18.6 Å². The normalized spacial score (nSPS) is 9.86. The molecule has 1 aromatic carbocycles. The number of carbonyl (C=O) groups excluding carboxylic acids is 1. The summed E-state index contributed by atoms with van der Waals surface area (Å²) in [4.78, 5) is 14.8. The van der Waals surface area contributed by atoms with Crippen molar-refractivity contribution in [3.8, 4) is 11.8 Å². The molecular weight excluding hydrogens is 289 g/mol. The standard InChI is InChI=1S/C16H14FNO2S/c1-18(14-8-3-2-7-13(14)17)16(20)15-10-9-12(21-15)6-4-5-11-19/h2-3,7-10,19H,5,11H2,1H3. The maximum absolute atomic E-state index is 13.7. The lowest BCUT2D eigenvalue weighted by Crippen LogP contribution is -2.26. The summed E-state index contributed by atoms with van der Waals surface area (Å²) in [6.45, 7) is 0.0141. The molecular formula is C16H14FNO2S. The van der Waals surface area contributed by atoms with Gasteiger partial charge in [0.15, 0.2) is 0 Å². The summed E-state index contributed by atoms with van der Waals surface area (Å²) in [6.07, 6.45) is 0.399. The molecule has 2 aromatic rings. The van der Waals surface area contributed by atoms with Gasteiger partial charge in [-0.25, -0.2) is 4.39 Å². The number of hydrogen-bond donors (Lipinski definition) is 1. The first-order valence-corrected chi connectivity index (χ1v) is 7.17. The van der Waals surface area contributed by atoms with Gasteiger partial charge >= 0.3 is 0 Å². The van der Waals surface area contributed by atoms with Crippen molar-refractivity contribution in [1.82, 2.24) is 0 Å². The van der Waals surface area contributed by atoms with Gasteiger partial charge in [0.25, 0.3) is 5.91 Å². The van der Waals surface area contributed by atoms with E-state index in [1.807, 2.05) is 0 Å². The summed E-state index contributed by atoms with van der Waals surface area (Å²) in [5, 5.41) is 8.67. The minimum Gasteiger partial charge on any atom is -0.395 e. The Labute approximate surface area is 126 Å². The van der Waals surface area contributed by atoms with Crippen molar-refractivity contribution in [2.24, 2.45) is 0 Å². The van der Waals surface area contributed by atoms with E-state index in [2.05, 4.69) is 11.8 Å². The van der Waals surface area contributed by atoms with Crippen LogP contribution in [0.2, 0.25) is 0 Å². The van der Waals surface area contributed by atoms with Crippen molar-refractivity contribution in [3.63, 3.8) is 0 Å². The van der Waals surface area contributed by atoms with Gasteiger partial charge in [-0.3, -0.25) is 4.79 Å². The molecule has 1 aromatic heterocycles. The van der Waals surface area contributed by atoms with E-state index in [-0.39, 0.29) is 18.2 Å². The summed E-state index contributed by atoms with van der Waals surface area (Å²) in [5.74, 6) is 4.96. The Morgan fingerprint density at radius 3 is 2.81 bits per heavy atom. The van der Waals surface area contributed by atoms with Crippen LogP contribution in [0.25, 0.3) is 0 Å². The maximum atomic E-state index is 13.7. The van der Waals surface area contributed by atoms with Gasteiger partial charge in [-0.2, -0.15) is 0 Å². The van der Waals surface area contributed by atoms with Gasteiger partial charge < -0.3 is 10.0 Å². The van der Waals surface area contributed by atoms with E-state index >= 15 is 0 Å². The molecule has 0 atom stereocenters. The second-order valence-electron chi connectivity index (χ2n) is 4.25. The van der Waals surface area contributed by atoms with Gasteiger partial charge in [-0.1, -0.05) is 24.0 Å². The number of anilines is 1. The van der Waals surface area contributed by atoms with Crippen LogP contribution in [-0.2, 0) is 0 Å². The SMILES string of the molecule is CN(C(=O)c1ccc(C#CCCO)s1)c1ccccc1F. The number of benzene rings is 1. The van der Waals surface area contributed by atoms with Gasteiger partial charge in [0.1, 0.15) is 5.82 Å². The van der Waals surface area contributed by atoms with E-state index in [0.717, 1.165) is 4.88 Å².